The molecular formula is C23H28O4. The first-order valence-corrected chi connectivity index (χ1v) is 9.84. The first-order chi connectivity index (χ1) is 13.0. The van der Waals surface area contributed by atoms with E-state index in [1.165, 1.54) is 5.56 Å². The van der Waals surface area contributed by atoms with Gasteiger partial charge in [-0.25, -0.2) is 0 Å². The zero-order valence-electron chi connectivity index (χ0n) is 15.9. The summed E-state index contributed by atoms with van der Waals surface area (Å²) in [4.78, 5) is 12.2. The highest BCUT2D eigenvalue weighted by Gasteiger charge is 2.24. The molecule has 0 atom stereocenters. The third kappa shape index (κ3) is 5.25. The molecule has 1 saturated carbocycles. The molecule has 2 aromatic rings. The predicted octanol–water partition coefficient (Wildman–Crippen LogP) is 4.86. The zero-order valence-corrected chi connectivity index (χ0v) is 15.9. The first-order valence-electron chi connectivity index (χ1n) is 9.84. The van der Waals surface area contributed by atoms with E-state index in [0.29, 0.717) is 30.3 Å². The lowest BCUT2D eigenvalue weighted by molar-refractivity contribution is -0.150. The molecule has 4 heteroatoms. The van der Waals surface area contributed by atoms with Crippen molar-refractivity contribution in [2.75, 3.05) is 0 Å². The maximum absolute atomic E-state index is 12.2. The molecule has 144 valence electrons. The lowest BCUT2D eigenvalue weighted by atomic mass is 9.83. The summed E-state index contributed by atoms with van der Waals surface area (Å²) in [6.45, 7) is 2.00. The molecule has 1 fully saturated rings. The number of carbonyl (C=O) groups excluding carboxylic acids is 1. The van der Waals surface area contributed by atoms with E-state index in [1.54, 1.807) is 18.2 Å². The number of aromatic hydroxyl groups is 2. The van der Waals surface area contributed by atoms with Gasteiger partial charge in [0.1, 0.15) is 17.6 Å². The molecule has 2 N–H and O–H groups in total. The second-order valence-corrected chi connectivity index (χ2v) is 7.37. The van der Waals surface area contributed by atoms with Crippen molar-refractivity contribution >= 4 is 5.97 Å². The number of hydrogen-bond acceptors (Lipinski definition) is 4. The minimum atomic E-state index is -0.144. The Morgan fingerprint density at radius 2 is 1.74 bits per heavy atom. The number of benzene rings is 2. The van der Waals surface area contributed by atoms with Crippen molar-refractivity contribution in [1.29, 1.82) is 0 Å². The van der Waals surface area contributed by atoms with Crippen LogP contribution < -0.4 is 0 Å². The average Bonchev–Trinajstić information content (AvgIpc) is 2.68. The Morgan fingerprint density at radius 1 is 1.04 bits per heavy atom. The Labute approximate surface area is 160 Å². The highest BCUT2D eigenvalue weighted by Crippen LogP contribution is 2.34. The highest BCUT2D eigenvalue weighted by molar-refractivity contribution is 5.70. The number of esters is 1. The fourth-order valence-electron chi connectivity index (χ4n) is 3.83. The maximum atomic E-state index is 12.2. The van der Waals surface area contributed by atoms with Gasteiger partial charge in [-0.2, -0.15) is 0 Å². The Balaban J connectivity index is 1.43. The molecule has 0 amide bonds. The van der Waals surface area contributed by atoms with Crippen molar-refractivity contribution in [2.24, 2.45) is 0 Å². The van der Waals surface area contributed by atoms with Crippen LogP contribution >= 0.6 is 0 Å². The van der Waals surface area contributed by atoms with Crippen molar-refractivity contribution in [1.82, 2.24) is 0 Å². The van der Waals surface area contributed by atoms with Gasteiger partial charge in [-0.1, -0.05) is 31.2 Å². The second kappa shape index (κ2) is 8.94. The van der Waals surface area contributed by atoms with Crippen LogP contribution in [0.1, 0.15) is 61.6 Å². The molecule has 3 rings (SSSR count). The molecule has 0 aliphatic heterocycles. The topological polar surface area (TPSA) is 66.8 Å². The van der Waals surface area contributed by atoms with E-state index in [4.69, 9.17) is 4.74 Å². The Bertz CT molecular complexity index is 758. The molecule has 2 aromatic carbocycles. The highest BCUT2D eigenvalue weighted by atomic mass is 16.5. The Hall–Kier alpha value is -2.49. The minimum absolute atomic E-state index is 0.0110. The molecule has 0 radical (unpaired) electrons. The van der Waals surface area contributed by atoms with Gasteiger partial charge in [0.2, 0.25) is 0 Å². The van der Waals surface area contributed by atoms with Crippen LogP contribution in [0.2, 0.25) is 0 Å². The third-order valence-electron chi connectivity index (χ3n) is 5.48. The van der Waals surface area contributed by atoms with Crippen molar-refractivity contribution < 1.29 is 19.7 Å². The summed E-state index contributed by atoms with van der Waals surface area (Å²) in [5.74, 6) is 0.939. The SMILES string of the molecule is CCc1cc(CCC(=O)OC2CCC(c3ccc(O)cc3)CC2)ccc1O. The molecule has 0 saturated heterocycles. The van der Waals surface area contributed by atoms with Crippen LogP contribution in [0.15, 0.2) is 42.5 Å². The van der Waals surface area contributed by atoms with Crippen molar-refractivity contribution in [3.63, 3.8) is 0 Å². The van der Waals surface area contributed by atoms with Crippen molar-refractivity contribution in [3.8, 4) is 11.5 Å². The summed E-state index contributed by atoms with van der Waals surface area (Å²) in [7, 11) is 0. The summed E-state index contributed by atoms with van der Waals surface area (Å²) in [5.41, 5.74) is 3.21. The van der Waals surface area contributed by atoms with E-state index in [2.05, 4.69) is 0 Å². The van der Waals surface area contributed by atoms with Crippen molar-refractivity contribution in [2.45, 2.75) is 63.9 Å². The van der Waals surface area contributed by atoms with Gasteiger partial charge in [-0.15, -0.1) is 0 Å². The van der Waals surface area contributed by atoms with E-state index in [-0.39, 0.29) is 12.1 Å². The van der Waals surface area contributed by atoms with E-state index in [0.717, 1.165) is 43.2 Å². The predicted molar refractivity (Wildman–Crippen MR) is 105 cm³/mol. The quantitative estimate of drug-likeness (QED) is 0.715. The van der Waals surface area contributed by atoms with Crippen LogP contribution in [-0.2, 0) is 22.4 Å². The summed E-state index contributed by atoms with van der Waals surface area (Å²) in [5, 5.41) is 19.1. The van der Waals surface area contributed by atoms with Crippen LogP contribution in [-0.4, -0.2) is 22.3 Å². The van der Waals surface area contributed by atoms with Gasteiger partial charge in [-0.3, -0.25) is 4.79 Å². The van der Waals surface area contributed by atoms with Gasteiger partial charge < -0.3 is 14.9 Å². The van der Waals surface area contributed by atoms with Crippen LogP contribution in [0.3, 0.4) is 0 Å². The molecule has 0 unspecified atom stereocenters. The van der Waals surface area contributed by atoms with E-state index >= 15 is 0 Å². The summed E-state index contributed by atoms with van der Waals surface area (Å²) in [6.07, 6.45) is 5.56. The number of phenolic OH excluding ortho intramolecular Hbond substituents is 2. The number of rotatable bonds is 6. The van der Waals surface area contributed by atoms with Crippen LogP contribution in [0, 0.1) is 0 Å². The number of ether oxygens (including phenoxy) is 1. The zero-order chi connectivity index (χ0) is 19.2. The Kier molecular flexibility index (Phi) is 6.38. The normalized spacial score (nSPS) is 19.6. The van der Waals surface area contributed by atoms with E-state index in [1.807, 2.05) is 31.2 Å². The van der Waals surface area contributed by atoms with Crippen LogP contribution in [0.4, 0.5) is 0 Å². The molecule has 0 heterocycles. The number of carbonyl (C=O) groups is 1. The van der Waals surface area contributed by atoms with Crippen molar-refractivity contribution in [3.05, 3.63) is 59.2 Å². The average molecular weight is 368 g/mol. The summed E-state index contributed by atoms with van der Waals surface area (Å²) in [6, 6.07) is 13.0. The maximum Gasteiger partial charge on any atom is 0.306 e. The van der Waals surface area contributed by atoms with Gasteiger partial charge in [-0.05, 0) is 79.3 Å². The first kappa shape index (κ1) is 19.3. The third-order valence-corrected chi connectivity index (χ3v) is 5.48. The van der Waals surface area contributed by atoms with Crippen LogP contribution in [0.5, 0.6) is 11.5 Å². The second-order valence-electron chi connectivity index (χ2n) is 7.37. The number of aryl methyl sites for hydroxylation is 2. The van der Waals surface area contributed by atoms with Gasteiger partial charge in [0.15, 0.2) is 0 Å². The molecule has 0 aromatic heterocycles. The summed E-state index contributed by atoms with van der Waals surface area (Å²) < 4.78 is 5.67. The Morgan fingerprint density at radius 3 is 2.41 bits per heavy atom. The monoisotopic (exact) mass is 368 g/mol. The number of phenols is 2. The molecule has 4 nitrogen and oxygen atoms in total. The lowest BCUT2D eigenvalue weighted by Crippen LogP contribution is -2.24. The van der Waals surface area contributed by atoms with E-state index < -0.39 is 0 Å². The molecular weight excluding hydrogens is 340 g/mol. The molecule has 1 aliphatic rings. The standard InChI is InChI=1S/C23H28O4/c1-2-17-15-16(3-13-22(17)25)4-14-23(26)27-21-11-7-19(8-12-21)18-5-9-20(24)10-6-18/h3,5-6,9-10,13,15,19,21,24-25H,2,4,7-8,11-12,14H2,1H3. The van der Waals surface area contributed by atoms with E-state index in [9.17, 15) is 15.0 Å². The largest absolute Gasteiger partial charge is 0.508 e. The van der Waals surface area contributed by atoms with Crippen LogP contribution in [0.25, 0.3) is 0 Å². The fraction of sp³-hybridized carbons (Fsp3) is 0.435. The van der Waals surface area contributed by atoms with Gasteiger partial charge in [0.05, 0.1) is 0 Å². The lowest BCUT2D eigenvalue weighted by Gasteiger charge is -2.28. The molecule has 1 aliphatic carbocycles. The fourth-order valence-corrected chi connectivity index (χ4v) is 3.83. The molecule has 0 spiro atoms. The van der Waals surface area contributed by atoms with Gasteiger partial charge in [0, 0.05) is 6.42 Å². The number of hydrogen-bond donors (Lipinski definition) is 2. The van der Waals surface area contributed by atoms with Gasteiger partial charge >= 0.3 is 5.97 Å². The molecule has 0 bridgehead atoms. The minimum Gasteiger partial charge on any atom is -0.508 e. The summed E-state index contributed by atoms with van der Waals surface area (Å²) >= 11 is 0. The molecule has 27 heavy (non-hydrogen) atoms. The van der Waals surface area contributed by atoms with Gasteiger partial charge in [0.25, 0.3) is 0 Å². The smallest absolute Gasteiger partial charge is 0.306 e.